The molecule has 5 nitrogen and oxygen atoms in total. The zero-order valence-corrected chi connectivity index (χ0v) is 13.0. The van der Waals surface area contributed by atoms with E-state index in [1.54, 1.807) is 18.2 Å². The Morgan fingerprint density at radius 1 is 1.50 bits per heavy atom. The van der Waals surface area contributed by atoms with Crippen LogP contribution in [0.2, 0.25) is 5.02 Å². The van der Waals surface area contributed by atoms with E-state index in [-0.39, 0.29) is 0 Å². The molecule has 3 N–H and O–H groups in total. The highest BCUT2D eigenvalue weighted by molar-refractivity contribution is 9.10. The molecule has 0 aromatic heterocycles. The van der Waals surface area contributed by atoms with E-state index < -0.39 is 10.2 Å². The van der Waals surface area contributed by atoms with Gasteiger partial charge in [-0.3, -0.25) is 4.72 Å². The summed E-state index contributed by atoms with van der Waals surface area (Å²) in [6, 6.07) is 4.89. The highest BCUT2D eigenvalue weighted by Gasteiger charge is 2.18. The van der Waals surface area contributed by atoms with Gasteiger partial charge in [0.2, 0.25) is 0 Å². The normalized spacial score (nSPS) is 11.8. The van der Waals surface area contributed by atoms with Crippen LogP contribution < -0.4 is 10.5 Å². The number of anilines is 1. The third-order valence-corrected chi connectivity index (χ3v) is 4.66. The van der Waals surface area contributed by atoms with Gasteiger partial charge in [0.05, 0.1) is 5.69 Å². The van der Waals surface area contributed by atoms with Crippen molar-refractivity contribution in [3.05, 3.63) is 27.7 Å². The summed E-state index contributed by atoms with van der Waals surface area (Å²) in [6.45, 7) is 0.810. The van der Waals surface area contributed by atoms with Crippen LogP contribution in [0.5, 0.6) is 0 Å². The lowest BCUT2D eigenvalue weighted by Crippen LogP contribution is -2.34. The van der Waals surface area contributed by atoms with Crippen LogP contribution >= 0.6 is 27.5 Å². The SMILES string of the molecule is CN(CCCN)S(=O)(=O)Nc1cc(Cl)ccc1Br. The molecule has 1 rings (SSSR count). The Morgan fingerprint density at radius 3 is 2.78 bits per heavy atom. The average molecular weight is 357 g/mol. The number of nitrogens with zero attached hydrogens (tertiary/aromatic N) is 1. The summed E-state index contributed by atoms with van der Waals surface area (Å²) in [5.74, 6) is 0. The highest BCUT2D eigenvalue weighted by atomic mass is 79.9. The second-order valence-electron chi connectivity index (χ2n) is 3.70. The van der Waals surface area contributed by atoms with Gasteiger partial charge in [-0.05, 0) is 47.1 Å². The number of hydrogen-bond donors (Lipinski definition) is 2. The fourth-order valence-electron chi connectivity index (χ4n) is 1.23. The Hall–Kier alpha value is -0.340. The van der Waals surface area contributed by atoms with Gasteiger partial charge in [-0.25, -0.2) is 0 Å². The predicted molar refractivity (Wildman–Crippen MR) is 78.0 cm³/mol. The van der Waals surface area contributed by atoms with Gasteiger partial charge < -0.3 is 5.73 Å². The fourth-order valence-corrected chi connectivity index (χ4v) is 2.85. The first-order valence-electron chi connectivity index (χ1n) is 5.26. The van der Waals surface area contributed by atoms with Crippen LogP contribution in [0.4, 0.5) is 5.69 Å². The molecular formula is C10H15BrClN3O2S. The second kappa shape index (κ2) is 6.72. The molecule has 0 saturated carbocycles. The maximum Gasteiger partial charge on any atom is 0.301 e. The van der Waals surface area contributed by atoms with Gasteiger partial charge in [0, 0.05) is 23.1 Å². The third-order valence-electron chi connectivity index (χ3n) is 2.25. The number of rotatable bonds is 6. The van der Waals surface area contributed by atoms with Crippen molar-refractivity contribution in [2.45, 2.75) is 6.42 Å². The van der Waals surface area contributed by atoms with Crippen LogP contribution in [0.25, 0.3) is 0 Å². The molecule has 0 amide bonds. The molecule has 0 heterocycles. The first kappa shape index (κ1) is 15.7. The average Bonchev–Trinajstić information content (AvgIpc) is 2.30. The molecule has 0 bridgehead atoms. The summed E-state index contributed by atoms with van der Waals surface area (Å²) in [5.41, 5.74) is 5.75. The summed E-state index contributed by atoms with van der Waals surface area (Å²) in [5, 5.41) is 0.459. The molecule has 0 aliphatic heterocycles. The maximum atomic E-state index is 12.0. The monoisotopic (exact) mass is 355 g/mol. The van der Waals surface area contributed by atoms with E-state index in [1.807, 2.05) is 0 Å². The van der Waals surface area contributed by atoms with Gasteiger partial charge in [-0.2, -0.15) is 12.7 Å². The molecule has 0 atom stereocenters. The lowest BCUT2D eigenvalue weighted by molar-refractivity contribution is 0.468. The zero-order valence-electron chi connectivity index (χ0n) is 9.86. The van der Waals surface area contributed by atoms with E-state index in [9.17, 15) is 8.42 Å². The third kappa shape index (κ3) is 4.40. The van der Waals surface area contributed by atoms with Crippen molar-refractivity contribution in [2.75, 3.05) is 24.9 Å². The maximum absolute atomic E-state index is 12.0. The van der Waals surface area contributed by atoms with Crippen molar-refractivity contribution in [1.29, 1.82) is 0 Å². The van der Waals surface area contributed by atoms with Crippen molar-refractivity contribution in [3.63, 3.8) is 0 Å². The quantitative estimate of drug-likeness (QED) is 0.819. The summed E-state index contributed by atoms with van der Waals surface area (Å²) in [4.78, 5) is 0. The minimum Gasteiger partial charge on any atom is -0.330 e. The molecule has 0 radical (unpaired) electrons. The molecule has 0 unspecified atom stereocenters. The van der Waals surface area contributed by atoms with E-state index in [4.69, 9.17) is 17.3 Å². The predicted octanol–water partition coefficient (Wildman–Crippen LogP) is 2.04. The minimum atomic E-state index is -3.59. The Labute approximate surface area is 121 Å². The topological polar surface area (TPSA) is 75.4 Å². The molecule has 0 aliphatic carbocycles. The van der Waals surface area contributed by atoms with Crippen molar-refractivity contribution < 1.29 is 8.42 Å². The number of hydrogen-bond acceptors (Lipinski definition) is 3. The molecule has 1 aromatic carbocycles. The van der Waals surface area contributed by atoms with Crippen LogP contribution in [0, 0.1) is 0 Å². The first-order valence-corrected chi connectivity index (χ1v) is 7.87. The van der Waals surface area contributed by atoms with Crippen molar-refractivity contribution in [1.82, 2.24) is 4.31 Å². The lowest BCUT2D eigenvalue weighted by Gasteiger charge is -2.18. The molecule has 1 aromatic rings. The largest absolute Gasteiger partial charge is 0.330 e. The van der Waals surface area contributed by atoms with Crippen LogP contribution in [0.3, 0.4) is 0 Å². The van der Waals surface area contributed by atoms with Crippen LogP contribution in [-0.4, -0.2) is 32.9 Å². The minimum absolute atomic E-state index is 0.365. The molecule has 0 fully saturated rings. The van der Waals surface area contributed by atoms with Gasteiger partial charge in [0.15, 0.2) is 0 Å². The molecule has 0 spiro atoms. The number of benzene rings is 1. The van der Waals surface area contributed by atoms with E-state index in [1.165, 1.54) is 11.4 Å². The van der Waals surface area contributed by atoms with Gasteiger partial charge in [0.25, 0.3) is 0 Å². The molecule has 0 saturated heterocycles. The number of nitrogens with two attached hydrogens (primary N) is 1. The number of nitrogens with one attached hydrogen (secondary N) is 1. The zero-order chi connectivity index (χ0) is 13.8. The fraction of sp³-hybridized carbons (Fsp3) is 0.400. The van der Waals surface area contributed by atoms with Crippen LogP contribution in [0.15, 0.2) is 22.7 Å². The lowest BCUT2D eigenvalue weighted by atomic mass is 10.3. The van der Waals surface area contributed by atoms with Gasteiger partial charge in [-0.15, -0.1) is 0 Å². The number of halogens is 2. The van der Waals surface area contributed by atoms with Crippen molar-refractivity contribution in [3.8, 4) is 0 Å². The molecular weight excluding hydrogens is 342 g/mol. The molecule has 18 heavy (non-hydrogen) atoms. The van der Waals surface area contributed by atoms with Crippen molar-refractivity contribution in [2.24, 2.45) is 5.73 Å². The van der Waals surface area contributed by atoms with Gasteiger partial charge >= 0.3 is 10.2 Å². The summed E-state index contributed by atoms with van der Waals surface area (Å²) in [6.07, 6.45) is 0.605. The summed E-state index contributed by atoms with van der Waals surface area (Å²) < 4.78 is 28.3. The van der Waals surface area contributed by atoms with Gasteiger partial charge in [-0.1, -0.05) is 11.6 Å². The Kier molecular flexibility index (Phi) is 5.87. The van der Waals surface area contributed by atoms with E-state index in [0.717, 1.165) is 0 Å². The Morgan fingerprint density at radius 2 is 2.17 bits per heavy atom. The summed E-state index contributed by atoms with van der Waals surface area (Å²) >= 11 is 9.08. The second-order valence-corrected chi connectivity index (χ2v) is 6.76. The molecule has 8 heteroatoms. The highest BCUT2D eigenvalue weighted by Crippen LogP contribution is 2.27. The van der Waals surface area contributed by atoms with E-state index in [0.29, 0.717) is 34.7 Å². The molecule has 102 valence electrons. The standard InChI is InChI=1S/C10H15BrClN3O2S/c1-15(6-2-5-13)18(16,17)14-10-7-8(12)3-4-9(10)11/h3-4,7,14H,2,5-6,13H2,1H3. The smallest absolute Gasteiger partial charge is 0.301 e. The van der Waals surface area contributed by atoms with E-state index in [2.05, 4.69) is 20.7 Å². The molecule has 0 aliphatic rings. The van der Waals surface area contributed by atoms with Crippen molar-refractivity contribution >= 4 is 43.4 Å². The van der Waals surface area contributed by atoms with Crippen LogP contribution in [0.1, 0.15) is 6.42 Å². The van der Waals surface area contributed by atoms with Crippen LogP contribution in [-0.2, 0) is 10.2 Å². The Balaban J connectivity index is 2.85. The van der Waals surface area contributed by atoms with Gasteiger partial charge in [0.1, 0.15) is 0 Å². The first-order chi connectivity index (χ1) is 8.36. The Bertz CT molecular complexity index is 510. The van der Waals surface area contributed by atoms with E-state index >= 15 is 0 Å². The summed E-state index contributed by atoms with van der Waals surface area (Å²) in [7, 11) is -2.09.